The highest BCUT2D eigenvalue weighted by atomic mass is 16.5. The van der Waals surface area contributed by atoms with Gasteiger partial charge in [-0.25, -0.2) is 0 Å². The molecule has 1 N–H and O–H groups in total. The van der Waals surface area contributed by atoms with Crippen LogP contribution in [0.3, 0.4) is 0 Å². The van der Waals surface area contributed by atoms with Gasteiger partial charge in [0.2, 0.25) is 5.91 Å². The first-order valence-electron chi connectivity index (χ1n) is 7.89. The van der Waals surface area contributed by atoms with Gasteiger partial charge in [-0.2, -0.15) is 0 Å². The van der Waals surface area contributed by atoms with Crippen LogP contribution in [0.2, 0.25) is 0 Å². The van der Waals surface area contributed by atoms with Crippen LogP contribution < -0.4 is 10.2 Å². The Morgan fingerprint density at radius 1 is 1.23 bits per heavy atom. The average molecular weight is 305 g/mol. The van der Waals surface area contributed by atoms with Gasteiger partial charge in [-0.15, -0.1) is 0 Å². The Labute approximate surface area is 133 Å². The summed E-state index contributed by atoms with van der Waals surface area (Å²) >= 11 is 0. The number of para-hydroxylation sites is 1. The number of nitrogens with one attached hydrogen (secondary N) is 1. The van der Waals surface area contributed by atoms with E-state index >= 15 is 0 Å². The van der Waals surface area contributed by atoms with Crippen molar-refractivity contribution in [3.8, 4) is 0 Å². The maximum absolute atomic E-state index is 12.5. The maximum atomic E-state index is 12.5. The molecule has 5 heteroatoms. The van der Waals surface area contributed by atoms with E-state index in [9.17, 15) is 4.79 Å². The summed E-state index contributed by atoms with van der Waals surface area (Å²) in [6.07, 6.45) is 0. The number of ether oxygens (including phenoxy) is 1. The zero-order valence-corrected chi connectivity index (χ0v) is 14.0. The van der Waals surface area contributed by atoms with Crippen molar-refractivity contribution in [3.63, 3.8) is 0 Å². The molecule has 5 nitrogen and oxygen atoms in total. The molecule has 0 spiro atoms. The second-order valence-electron chi connectivity index (χ2n) is 6.00. The lowest BCUT2D eigenvalue weighted by molar-refractivity contribution is -0.137. The molecule has 2 atom stereocenters. The SMILES string of the molecule is C[C@H](N[C@@H](C)c1ccccc1N(C)C)C(=O)N1CCOCC1. The predicted octanol–water partition coefficient (Wildman–Crippen LogP) is 1.65. The fourth-order valence-electron chi connectivity index (χ4n) is 2.85. The number of rotatable bonds is 5. The lowest BCUT2D eigenvalue weighted by Crippen LogP contribution is -2.49. The van der Waals surface area contributed by atoms with Gasteiger partial charge < -0.3 is 14.5 Å². The molecule has 0 radical (unpaired) electrons. The molecule has 1 heterocycles. The van der Waals surface area contributed by atoms with Gasteiger partial charge >= 0.3 is 0 Å². The summed E-state index contributed by atoms with van der Waals surface area (Å²) in [5.41, 5.74) is 2.38. The van der Waals surface area contributed by atoms with Crippen LogP contribution >= 0.6 is 0 Å². The molecule has 22 heavy (non-hydrogen) atoms. The van der Waals surface area contributed by atoms with E-state index in [1.165, 1.54) is 11.3 Å². The number of carbonyl (C=O) groups excluding carboxylic acids is 1. The van der Waals surface area contributed by atoms with Gasteiger partial charge in [-0.1, -0.05) is 18.2 Å². The molecule has 0 saturated carbocycles. The normalized spacial score (nSPS) is 17.9. The van der Waals surface area contributed by atoms with E-state index in [-0.39, 0.29) is 18.0 Å². The summed E-state index contributed by atoms with van der Waals surface area (Å²) in [7, 11) is 4.07. The number of amides is 1. The van der Waals surface area contributed by atoms with Crippen LogP contribution in [0.4, 0.5) is 5.69 Å². The van der Waals surface area contributed by atoms with Gasteiger partial charge in [0, 0.05) is 38.9 Å². The number of morpholine rings is 1. The second-order valence-corrected chi connectivity index (χ2v) is 6.00. The summed E-state index contributed by atoms with van der Waals surface area (Å²) in [6.45, 7) is 6.69. The number of carbonyl (C=O) groups is 1. The molecule has 1 aromatic carbocycles. The Hall–Kier alpha value is -1.59. The Bertz CT molecular complexity index is 498. The highest BCUT2D eigenvalue weighted by molar-refractivity contribution is 5.81. The van der Waals surface area contributed by atoms with Crippen molar-refractivity contribution in [1.29, 1.82) is 0 Å². The van der Waals surface area contributed by atoms with E-state index in [0.717, 1.165) is 0 Å². The number of benzene rings is 1. The van der Waals surface area contributed by atoms with Crippen molar-refractivity contribution < 1.29 is 9.53 Å². The minimum absolute atomic E-state index is 0.110. The number of hydrogen-bond donors (Lipinski definition) is 1. The van der Waals surface area contributed by atoms with E-state index in [1.807, 2.05) is 38.1 Å². The molecule has 1 aliphatic heterocycles. The average Bonchev–Trinajstić information content (AvgIpc) is 2.54. The molecule has 1 aliphatic rings. The van der Waals surface area contributed by atoms with Crippen molar-refractivity contribution in [3.05, 3.63) is 29.8 Å². The largest absolute Gasteiger partial charge is 0.378 e. The molecular weight excluding hydrogens is 278 g/mol. The van der Waals surface area contributed by atoms with Crippen LogP contribution in [0, 0.1) is 0 Å². The van der Waals surface area contributed by atoms with Crippen LogP contribution in [0.15, 0.2) is 24.3 Å². The van der Waals surface area contributed by atoms with E-state index in [1.54, 1.807) is 0 Å². The van der Waals surface area contributed by atoms with Crippen molar-refractivity contribution >= 4 is 11.6 Å². The van der Waals surface area contributed by atoms with Crippen LogP contribution in [-0.2, 0) is 9.53 Å². The van der Waals surface area contributed by atoms with Crippen LogP contribution in [0.25, 0.3) is 0 Å². The Balaban J connectivity index is 2.01. The van der Waals surface area contributed by atoms with Gasteiger partial charge in [-0.3, -0.25) is 10.1 Å². The van der Waals surface area contributed by atoms with Crippen LogP contribution in [0.5, 0.6) is 0 Å². The first kappa shape index (κ1) is 16.8. The highest BCUT2D eigenvalue weighted by Crippen LogP contribution is 2.25. The highest BCUT2D eigenvalue weighted by Gasteiger charge is 2.24. The fraction of sp³-hybridized carbons (Fsp3) is 0.588. The number of hydrogen-bond acceptors (Lipinski definition) is 4. The van der Waals surface area contributed by atoms with Gasteiger partial charge in [0.05, 0.1) is 19.3 Å². The molecule has 0 aromatic heterocycles. The predicted molar refractivity (Wildman–Crippen MR) is 89.2 cm³/mol. The van der Waals surface area contributed by atoms with Crippen LogP contribution in [0.1, 0.15) is 25.5 Å². The summed E-state index contributed by atoms with van der Waals surface area (Å²) < 4.78 is 5.30. The molecule has 1 amide bonds. The quantitative estimate of drug-likeness (QED) is 0.898. The van der Waals surface area contributed by atoms with Gasteiger partial charge in [-0.05, 0) is 25.5 Å². The van der Waals surface area contributed by atoms with Gasteiger partial charge in [0.25, 0.3) is 0 Å². The Kier molecular flexibility index (Phi) is 5.80. The molecule has 1 aromatic rings. The lowest BCUT2D eigenvalue weighted by Gasteiger charge is -2.31. The smallest absolute Gasteiger partial charge is 0.239 e. The van der Waals surface area contributed by atoms with E-state index in [0.29, 0.717) is 26.3 Å². The van der Waals surface area contributed by atoms with E-state index in [2.05, 4.69) is 29.3 Å². The minimum Gasteiger partial charge on any atom is -0.378 e. The first-order valence-corrected chi connectivity index (χ1v) is 7.89. The zero-order valence-electron chi connectivity index (χ0n) is 14.0. The van der Waals surface area contributed by atoms with Crippen molar-refractivity contribution in [2.75, 3.05) is 45.3 Å². The summed E-state index contributed by atoms with van der Waals surface area (Å²) in [6, 6.07) is 8.19. The molecule has 0 aliphatic carbocycles. The molecule has 0 bridgehead atoms. The van der Waals surface area contributed by atoms with Gasteiger partial charge in [0.15, 0.2) is 0 Å². The number of anilines is 1. The molecular formula is C17H27N3O2. The Morgan fingerprint density at radius 3 is 2.50 bits per heavy atom. The summed E-state index contributed by atoms with van der Waals surface area (Å²) in [4.78, 5) is 16.5. The third kappa shape index (κ3) is 3.99. The topological polar surface area (TPSA) is 44.8 Å². The van der Waals surface area contributed by atoms with E-state index < -0.39 is 0 Å². The number of nitrogens with zero attached hydrogens (tertiary/aromatic N) is 2. The van der Waals surface area contributed by atoms with Crippen molar-refractivity contribution in [2.24, 2.45) is 0 Å². The van der Waals surface area contributed by atoms with Crippen molar-refractivity contribution in [2.45, 2.75) is 25.9 Å². The molecule has 2 rings (SSSR count). The monoisotopic (exact) mass is 305 g/mol. The third-order valence-electron chi connectivity index (χ3n) is 4.08. The second kappa shape index (κ2) is 7.61. The maximum Gasteiger partial charge on any atom is 0.239 e. The fourth-order valence-corrected chi connectivity index (χ4v) is 2.85. The lowest BCUT2D eigenvalue weighted by atomic mass is 10.0. The van der Waals surface area contributed by atoms with Crippen molar-refractivity contribution in [1.82, 2.24) is 10.2 Å². The minimum atomic E-state index is -0.205. The summed E-state index contributed by atoms with van der Waals surface area (Å²) in [5.74, 6) is 0.150. The Morgan fingerprint density at radius 2 is 1.86 bits per heavy atom. The van der Waals surface area contributed by atoms with Crippen LogP contribution in [-0.4, -0.2) is 57.2 Å². The molecule has 0 unspecified atom stereocenters. The third-order valence-corrected chi connectivity index (χ3v) is 4.08. The molecule has 1 saturated heterocycles. The van der Waals surface area contributed by atoms with Gasteiger partial charge in [0.1, 0.15) is 0 Å². The zero-order chi connectivity index (χ0) is 16.1. The van der Waals surface area contributed by atoms with E-state index in [4.69, 9.17) is 4.74 Å². The molecule has 1 fully saturated rings. The molecule has 122 valence electrons. The summed E-state index contributed by atoms with van der Waals surface area (Å²) in [5, 5.41) is 3.43. The first-order chi connectivity index (χ1) is 10.5. The standard InChI is InChI=1S/C17H27N3O2/c1-13(15-7-5-6-8-16(15)19(3)4)18-14(2)17(21)20-9-11-22-12-10-20/h5-8,13-14,18H,9-12H2,1-4H3/t13-,14-/m0/s1.